The van der Waals surface area contributed by atoms with Gasteiger partial charge in [-0.15, -0.1) is 0 Å². The third-order valence-electron chi connectivity index (χ3n) is 2.95. The van der Waals surface area contributed by atoms with E-state index in [1.807, 2.05) is 30.3 Å². The van der Waals surface area contributed by atoms with Crippen molar-refractivity contribution in [3.63, 3.8) is 0 Å². The molecule has 1 aromatic rings. The van der Waals surface area contributed by atoms with E-state index in [-0.39, 0.29) is 18.5 Å². The zero-order valence-electron chi connectivity index (χ0n) is 9.54. The summed E-state index contributed by atoms with van der Waals surface area (Å²) in [5.74, 6) is -0.885. The number of carbonyl (C=O) groups is 2. The van der Waals surface area contributed by atoms with E-state index in [2.05, 4.69) is 0 Å². The molecule has 0 bridgehead atoms. The van der Waals surface area contributed by atoms with Gasteiger partial charge >= 0.3 is 12.0 Å². The van der Waals surface area contributed by atoms with Gasteiger partial charge in [0.05, 0.1) is 12.5 Å². The third-order valence-corrected chi connectivity index (χ3v) is 2.95. The van der Waals surface area contributed by atoms with Crippen LogP contribution in [0.1, 0.15) is 6.42 Å². The number of nitrogens with zero attached hydrogens (tertiary/aromatic N) is 2. The summed E-state index contributed by atoms with van der Waals surface area (Å²) in [6, 6.07) is 8.86. The van der Waals surface area contributed by atoms with Gasteiger partial charge in [0.15, 0.2) is 0 Å². The highest BCUT2D eigenvalue weighted by atomic mass is 16.4. The number of amides is 2. The lowest BCUT2D eigenvalue weighted by Gasteiger charge is -2.15. The first-order valence-electron chi connectivity index (χ1n) is 5.41. The van der Waals surface area contributed by atoms with Gasteiger partial charge in [-0.2, -0.15) is 0 Å². The van der Waals surface area contributed by atoms with Gasteiger partial charge in [0.25, 0.3) is 0 Å². The number of hydrogen-bond acceptors (Lipinski definition) is 2. The number of anilines is 1. The van der Waals surface area contributed by atoms with E-state index in [4.69, 9.17) is 5.11 Å². The number of aliphatic carboxylic acids is 1. The van der Waals surface area contributed by atoms with E-state index in [1.54, 1.807) is 11.9 Å². The average molecular weight is 234 g/mol. The van der Waals surface area contributed by atoms with Gasteiger partial charge in [0.1, 0.15) is 0 Å². The molecule has 0 aromatic heterocycles. The molecule has 1 aromatic carbocycles. The molecule has 2 rings (SSSR count). The molecular formula is C12H14N2O3. The molecule has 2 amide bonds. The molecule has 1 aliphatic heterocycles. The minimum absolute atomic E-state index is 0.0222. The van der Waals surface area contributed by atoms with Crippen LogP contribution in [0.3, 0.4) is 0 Å². The fraction of sp³-hybridized carbons (Fsp3) is 0.333. The van der Waals surface area contributed by atoms with Crippen molar-refractivity contribution in [1.29, 1.82) is 0 Å². The van der Waals surface area contributed by atoms with Gasteiger partial charge in [-0.05, 0) is 12.1 Å². The van der Waals surface area contributed by atoms with Crippen LogP contribution in [0.25, 0.3) is 0 Å². The van der Waals surface area contributed by atoms with Gasteiger partial charge < -0.3 is 10.0 Å². The summed E-state index contributed by atoms with van der Waals surface area (Å²) in [6.45, 7) is 0.422. The summed E-state index contributed by atoms with van der Waals surface area (Å²) < 4.78 is 0. The van der Waals surface area contributed by atoms with Crippen molar-refractivity contribution in [2.45, 2.75) is 12.5 Å². The van der Waals surface area contributed by atoms with Crippen molar-refractivity contribution in [1.82, 2.24) is 4.90 Å². The molecule has 1 fully saturated rings. The van der Waals surface area contributed by atoms with E-state index >= 15 is 0 Å². The largest absolute Gasteiger partial charge is 0.481 e. The van der Waals surface area contributed by atoms with Crippen molar-refractivity contribution in [2.75, 3.05) is 18.5 Å². The monoisotopic (exact) mass is 234 g/mol. The molecule has 0 saturated carbocycles. The second-order valence-corrected chi connectivity index (χ2v) is 4.09. The highest BCUT2D eigenvalue weighted by Gasteiger charge is 2.36. The van der Waals surface area contributed by atoms with Crippen molar-refractivity contribution >= 4 is 17.7 Å². The van der Waals surface area contributed by atoms with Crippen LogP contribution in [0, 0.1) is 0 Å². The van der Waals surface area contributed by atoms with Crippen LogP contribution in [0.5, 0.6) is 0 Å². The fourth-order valence-electron chi connectivity index (χ4n) is 1.98. The molecule has 1 saturated heterocycles. The van der Waals surface area contributed by atoms with Gasteiger partial charge in [0, 0.05) is 19.3 Å². The summed E-state index contributed by atoms with van der Waals surface area (Å²) in [5.41, 5.74) is 0.803. The van der Waals surface area contributed by atoms with E-state index in [0.717, 1.165) is 5.69 Å². The summed E-state index contributed by atoms with van der Waals surface area (Å²) in [5, 5.41) is 8.78. The Balaban J connectivity index is 2.17. The molecule has 1 aliphatic rings. The Kier molecular flexibility index (Phi) is 2.99. The van der Waals surface area contributed by atoms with Crippen LogP contribution in [-0.4, -0.2) is 41.6 Å². The molecule has 1 atom stereocenters. The lowest BCUT2D eigenvalue weighted by atomic mass is 10.2. The zero-order valence-corrected chi connectivity index (χ0v) is 9.54. The molecule has 1 N–H and O–H groups in total. The first-order chi connectivity index (χ1) is 8.09. The number of carbonyl (C=O) groups excluding carboxylic acids is 1. The van der Waals surface area contributed by atoms with E-state index < -0.39 is 5.97 Å². The molecular weight excluding hydrogens is 220 g/mol. The molecule has 5 heteroatoms. The molecule has 1 unspecified atom stereocenters. The predicted octanol–water partition coefficient (Wildman–Crippen LogP) is 1.40. The molecule has 5 nitrogen and oxygen atoms in total. The van der Waals surface area contributed by atoms with Gasteiger partial charge in [-0.3, -0.25) is 9.69 Å². The quantitative estimate of drug-likeness (QED) is 0.860. The van der Waals surface area contributed by atoms with Gasteiger partial charge in [-0.1, -0.05) is 18.2 Å². The Morgan fingerprint density at radius 2 is 2.06 bits per heavy atom. The molecule has 90 valence electrons. The van der Waals surface area contributed by atoms with E-state index in [1.165, 1.54) is 4.90 Å². The summed E-state index contributed by atoms with van der Waals surface area (Å²) in [4.78, 5) is 25.7. The number of urea groups is 1. The summed E-state index contributed by atoms with van der Waals surface area (Å²) in [7, 11) is 1.64. The van der Waals surface area contributed by atoms with E-state index in [9.17, 15) is 9.59 Å². The normalized spacial score (nSPS) is 19.8. The van der Waals surface area contributed by atoms with Crippen molar-refractivity contribution in [2.24, 2.45) is 0 Å². The van der Waals surface area contributed by atoms with Gasteiger partial charge in [0.2, 0.25) is 0 Å². The Hall–Kier alpha value is -2.04. The molecule has 0 aliphatic carbocycles. The Morgan fingerprint density at radius 1 is 1.41 bits per heavy atom. The van der Waals surface area contributed by atoms with Crippen LogP contribution in [0.4, 0.5) is 10.5 Å². The zero-order chi connectivity index (χ0) is 12.4. The SMILES string of the molecule is CN1C(=O)N(c2ccccc2)CC1CC(=O)O. The van der Waals surface area contributed by atoms with Crippen molar-refractivity contribution in [3.8, 4) is 0 Å². The summed E-state index contributed by atoms with van der Waals surface area (Å²) >= 11 is 0. The maximum Gasteiger partial charge on any atom is 0.324 e. The number of para-hydroxylation sites is 1. The number of likely N-dealkylation sites (N-methyl/N-ethyl adjacent to an activating group) is 1. The first-order valence-corrected chi connectivity index (χ1v) is 5.41. The summed E-state index contributed by atoms with van der Waals surface area (Å²) in [6.07, 6.45) is -0.0222. The fourth-order valence-corrected chi connectivity index (χ4v) is 1.98. The lowest BCUT2D eigenvalue weighted by Crippen LogP contribution is -2.32. The van der Waals surface area contributed by atoms with Crippen LogP contribution in [0.2, 0.25) is 0 Å². The maximum atomic E-state index is 12.0. The van der Waals surface area contributed by atoms with Crippen molar-refractivity contribution in [3.05, 3.63) is 30.3 Å². The maximum absolute atomic E-state index is 12.0. The highest BCUT2D eigenvalue weighted by Crippen LogP contribution is 2.23. The number of carboxylic acids is 1. The number of carboxylic acid groups (broad SMARTS) is 1. The smallest absolute Gasteiger partial charge is 0.324 e. The number of hydrogen-bond donors (Lipinski definition) is 1. The highest BCUT2D eigenvalue weighted by molar-refractivity contribution is 5.94. The van der Waals surface area contributed by atoms with Crippen LogP contribution in [0.15, 0.2) is 30.3 Å². The Morgan fingerprint density at radius 3 is 2.65 bits per heavy atom. The number of rotatable bonds is 3. The van der Waals surface area contributed by atoms with Crippen LogP contribution < -0.4 is 4.90 Å². The second kappa shape index (κ2) is 4.45. The molecule has 1 heterocycles. The van der Waals surface area contributed by atoms with Crippen LogP contribution in [-0.2, 0) is 4.79 Å². The Bertz CT molecular complexity index is 433. The molecule has 0 spiro atoms. The minimum Gasteiger partial charge on any atom is -0.481 e. The molecule has 0 radical (unpaired) electrons. The van der Waals surface area contributed by atoms with Crippen molar-refractivity contribution < 1.29 is 14.7 Å². The number of benzene rings is 1. The third kappa shape index (κ3) is 2.22. The van der Waals surface area contributed by atoms with E-state index in [0.29, 0.717) is 6.54 Å². The van der Waals surface area contributed by atoms with Crippen LogP contribution >= 0.6 is 0 Å². The Labute approximate surface area is 99.3 Å². The first kappa shape index (κ1) is 11.4. The van der Waals surface area contributed by atoms with Gasteiger partial charge in [-0.25, -0.2) is 4.79 Å². The second-order valence-electron chi connectivity index (χ2n) is 4.09. The lowest BCUT2D eigenvalue weighted by molar-refractivity contribution is -0.137. The average Bonchev–Trinajstić information content (AvgIpc) is 2.58. The topological polar surface area (TPSA) is 60.9 Å². The minimum atomic E-state index is -0.885. The predicted molar refractivity (Wildman–Crippen MR) is 63.0 cm³/mol. The molecule has 17 heavy (non-hydrogen) atoms. The standard InChI is InChI=1S/C12H14N2O3/c1-13-10(7-11(15)16)8-14(12(13)17)9-5-3-2-4-6-9/h2-6,10H,7-8H2,1H3,(H,15,16).